The maximum absolute atomic E-state index is 12.4. The van der Waals surface area contributed by atoms with Gasteiger partial charge in [-0.1, -0.05) is 12.1 Å². The summed E-state index contributed by atoms with van der Waals surface area (Å²) in [5, 5.41) is 14.2. The molecule has 0 aliphatic rings. The molecule has 1 aromatic carbocycles. The predicted molar refractivity (Wildman–Crippen MR) is 99.2 cm³/mol. The second-order valence-electron chi connectivity index (χ2n) is 5.12. The van der Waals surface area contributed by atoms with Crippen LogP contribution in [-0.2, 0) is 11.3 Å². The van der Waals surface area contributed by atoms with Crippen molar-refractivity contribution in [2.45, 2.75) is 6.54 Å². The number of hydrogen-bond donors (Lipinski definition) is 3. The highest BCUT2D eigenvalue weighted by molar-refractivity contribution is 7.71. The second kappa shape index (κ2) is 7.41. The molecule has 2 aromatic heterocycles. The van der Waals surface area contributed by atoms with Crippen molar-refractivity contribution in [2.24, 2.45) is 0 Å². The number of aromatic nitrogens is 3. The van der Waals surface area contributed by atoms with Gasteiger partial charge in [0.2, 0.25) is 5.91 Å². The zero-order chi connectivity index (χ0) is 17.8. The molecule has 0 fully saturated rings. The van der Waals surface area contributed by atoms with Crippen molar-refractivity contribution in [3.8, 4) is 10.7 Å². The Hall–Kier alpha value is -2.78. The number of nitrogens with zero attached hydrogens (tertiary/aromatic N) is 2. The lowest BCUT2D eigenvalue weighted by atomic mass is 10.2. The molecule has 0 unspecified atom stereocenters. The van der Waals surface area contributed by atoms with Crippen LogP contribution in [0, 0.1) is 4.77 Å². The van der Waals surface area contributed by atoms with Crippen LogP contribution in [0.5, 0.6) is 0 Å². The van der Waals surface area contributed by atoms with Gasteiger partial charge in [-0.3, -0.25) is 19.3 Å². The number of H-pyrrole nitrogens is 1. The van der Waals surface area contributed by atoms with Crippen LogP contribution in [0.4, 0.5) is 5.69 Å². The molecule has 0 radical (unpaired) electrons. The maximum atomic E-state index is 12.4. The van der Waals surface area contributed by atoms with Crippen molar-refractivity contribution in [1.29, 1.82) is 0 Å². The summed E-state index contributed by atoms with van der Waals surface area (Å²) >= 11 is 6.73. The van der Waals surface area contributed by atoms with Gasteiger partial charge < -0.3 is 10.6 Å². The Bertz CT molecular complexity index is 959. The van der Waals surface area contributed by atoms with Crippen LogP contribution in [0.25, 0.3) is 10.7 Å². The van der Waals surface area contributed by atoms with Gasteiger partial charge in [0, 0.05) is 18.3 Å². The molecule has 25 heavy (non-hydrogen) atoms. The third-order valence-electron chi connectivity index (χ3n) is 3.44. The van der Waals surface area contributed by atoms with Crippen LogP contribution in [0.3, 0.4) is 0 Å². The molecule has 0 bridgehead atoms. The Labute approximate surface area is 152 Å². The fourth-order valence-electron chi connectivity index (χ4n) is 2.28. The van der Waals surface area contributed by atoms with E-state index in [1.165, 1.54) is 11.3 Å². The molecule has 7 nitrogen and oxygen atoms in total. The minimum absolute atomic E-state index is 0.0206. The van der Waals surface area contributed by atoms with E-state index < -0.39 is 0 Å². The number of aromatic amines is 1. The number of carbonyl (C=O) groups is 2. The SMILES string of the molecule is CNC(=O)c1cccc(NC(=O)Cn2c(-c3cccs3)n[nH]c2=S)c1. The van der Waals surface area contributed by atoms with Crippen molar-refractivity contribution in [1.82, 2.24) is 20.1 Å². The third kappa shape index (κ3) is 3.83. The quantitative estimate of drug-likeness (QED) is 0.600. The number of amides is 2. The van der Waals surface area contributed by atoms with Crippen LogP contribution < -0.4 is 10.6 Å². The standard InChI is InChI=1S/C16H15N5O2S2/c1-17-15(23)10-4-2-5-11(8-10)18-13(22)9-21-14(19-20-16(21)24)12-6-3-7-25-12/h2-8H,9H2,1H3,(H,17,23)(H,18,22)(H,20,24). The summed E-state index contributed by atoms with van der Waals surface area (Å²) in [7, 11) is 1.56. The van der Waals surface area contributed by atoms with E-state index in [1.54, 1.807) is 35.9 Å². The minimum Gasteiger partial charge on any atom is -0.355 e. The average Bonchev–Trinajstić information content (AvgIpc) is 3.25. The van der Waals surface area contributed by atoms with Gasteiger partial charge in [0.05, 0.1) is 4.88 Å². The summed E-state index contributed by atoms with van der Waals surface area (Å²) in [6, 6.07) is 10.5. The number of rotatable bonds is 5. The first-order valence-corrected chi connectivity index (χ1v) is 8.68. The van der Waals surface area contributed by atoms with Crippen LogP contribution in [0.2, 0.25) is 0 Å². The van der Waals surface area contributed by atoms with E-state index in [0.717, 1.165) is 4.88 Å². The first-order valence-electron chi connectivity index (χ1n) is 7.39. The van der Waals surface area contributed by atoms with Gasteiger partial charge in [-0.2, -0.15) is 5.10 Å². The fourth-order valence-corrected chi connectivity index (χ4v) is 3.20. The largest absolute Gasteiger partial charge is 0.355 e. The number of benzene rings is 1. The first kappa shape index (κ1) is 17.1. The highest BCUT2D eigenvalue weighted by atomic mass is 32.1. The summed E-state index contributed by atoms with van der Waals surface area (Å²) < 4.78 is 2.01. The van der Waals surface area contributed by atoms with Crippen LogP contribution in [-0.4, -0.2) is 33.6 Å². The lowest BCUT2D eigenvalue weighted by Gasteiger charge is -2.08. The molecule has 0 saturated heterocycles. The van der Waals surface area contributed by atoms with Gasteiger partial charge in [0.15, 0.2) is 10.6 Å². The lowest BCUT2D eigenvalue weighted by Crippen LogP contribution is -2.21. The third-order valence-corrected chi connectivity index (χ3v) is 4.61. The molecular formula is C16H15N5O2S2. The van der Waals surface area contributed by atoms with Crippen molar-refractivity contribution in [3.63, 3.8) is 0 Å². The van der Waals surface area contributed by atoms with Crippen molar-refractivity contribution < 1.29 is 9.59 Å². The molecule has 0 aliphatic heterocycles. The highest BCUT2D eigenvalue weighted by Crippen LogP contribution is 2.22. The number of hydrogen-bond acceptors (Lipinski definition) is 5. The fraction of sp³-hybridized carbons (Fsp3) is 0.125. The average molecular weight is 373 g/mol. The van der Waals surface area contributed by atoms with Crippen LogP contribution in [0.1, 0.15) is 10.4 Å². The number of carbonyl (C=O) groups excluding carboxylic acids is 2. The van der Waals surface area contributed by atoms with Crippen LogP contribution in [0.15, 0.2) is 41.8 Å². The lowest BCUT2D eigenvalue weighted by molar-refractivity contribution is -0.116. The van der Waals surface area contributed by atoms with E-state index >= 15 is 0 Å². The van der Waals surface area contributed by atoms with Gasteiger partial charge >= 0.3 is 0 Å². The molecule has 9 heteroatoms. The summed E-state index contributed by atoms with van der Waals surface area (Å²) in [5.74, 6) is 0.145. The topological polar surface area (TPSA) is 91.8 Å². The van der Waals surface area contributed by atoms with Crippen molar-refractivity contribution in [2.75, 3.05) is 12.4 Å². The van der Waals surface area contributed by atoms with Gasteiger partial charge in [0.25, 0.3) is 5.91 Å². The Balaban J connectivity index is 1.77. The summed E-state index contributed by atoms with van der Waals surface area (Å²) in [5.41, 5.74) is 1.01. The van der Waals surface area contributed by atoms with Crippen molar-refractivity contribution >= 4 is 41.1 Å². The Morgan fingerprint density at radius 3 is 2.88 bits per heavy atom. The van der Waals surface area contributed by atoms with Gasteiger partial charge in [-0.05, 0) is 41.9 Å². The number of thiophene rings is 1. The molecule has 2 amide bonds. The molecule has 0 atom stereocenters. The molecule has 0 saturated carbocycles. The Kier molecular flexibility index (Phi) is 5.05. The number of anilines is 1. The first-order chi connectivity index (χ1) is 12.1. The van der Waals surface area contributed by atoms with E-state index in [4.69, 9.17) is 12.2 Å². The van der Waals surface area contributed by atoms with Gasteiger partial charge in [0.1, 0.15) is 6.54 Å². The molecule has 0 spiro atoms. The van der Waals surface area contributed by atoms with Crippen LogP contribution >= 0.6 is 23.6 Å². The molecule has 2 heterocycles. The van der Waals surface area contributed by atoms with E-state index in [-0.39, 0.29) is 18.4 Å². The Morgan fingerprint density at radius 1 is 1.32 bits per heavy atom. The number of nitrogens with one attached hydrogen (secondary N) is 3. The monoisotopic (exact) mass is 373 g/mol. The molecule has 128 valence electrons. The highest BCUT2D eigenvalue weighted by Gasteiger charge is 2.13. The second-order valence-corrected chi connectivity index (χ2v) is 6.46. The smallest absolute Gasteiger partial charge is 0.251 e. The summed E-state index contributed by atoms with van der Waals surface area (Å²) in [6.07, 6.45) is 0. The summed E-state index contributed by atoms with van der Waals surface area (Å²) in [4.78, 5) is 25.0. The van der Waals surface area contributed by atoms with Gasteiger partial charge in [-0.15, -0.1) is 11.3 Å². The maximum Gasteiger partial charge on any atom is 0.251 e. The molecule has 3 N–H and O–H groups in total. The van der Waals surface area contributed by atoms with E-state index in [1.807, 2.05) is 17.5 Å². The Morgan fingerprint density at radius 2 is 2.16 bits per heavy atom. The summed E-state index contributed by atoms with van der Waals surface area (Å²) in [6.45, 7) is 0.0206. The molecular weight excluding hydrogens is 358 g/mol. The molecule has 0 aliphatic carbocycles. The van der Waals surface area contributed by atoms with E-state index in [2.05, 4.69) is 20.8 Å². The normalized spacial score (nSPS) is 10.4. The predicted octanol–water partition coefficient (Wildman–Crippen LogP) is 2.67. The van der Waals surface area contributed by atoms with E-state index in [9.17, 15) is 9.59 Å². The van der Waals surface area contributed by atoms with E-state index in [0.29, 0.717) is 21.8 Å². The zero-order valence-electron chi connectivity index (χ0n) is 13.3. The van der Waals surface area contributed by atoms with Gasteiger partial charge in [-0.25, -0.2) is 0 Å². The van der Waals surface area contributed by atoms with Crippen molar-refractivity contribution in [3.05, 3.63) is 52.1 Å². The zero-order valence-corrected chi connectivity index (χ0v) is 14.9. The minimum atomic E-state index is -0.260. The molecule has 3 aromatic rings. The molecule has 3 rings (SSSR count).